The predicted octanol–water partition coefficient (Wildman–Crippen LogP) is 1.30. The molecule has 1 aromatic carbocycles. The quantitative estimate of drug-likeness (QED) is 0.843. The molecule has 16 heavy (non-hydrogen) atoms. The van der Waals surface area contributed by atoms with E-state index in [1.807, 2.05) is 31.2 Å². The Bertz CT molecular complexity index is 478. The summed E-state index contributed by atoms with van der Waals surface area (Å²) >= 11 is 0. The van der Waals surface area contributed by atoms with E-state index < -0.39 is 0 Å². The van der Waals surface area contributed by atoms with Crippen molar-refractivity contribution in [2.24, 2.45) is 5.73 Å². The van der Waals surface area contributed by atoms with Crippen LogP contribution in [-0.4, -0.2) is 21.9 Å². The van der Waals surface area contributed by atoms with Crippen molar-refractivity contribution < 1.29 is 4.74 Å². The summed E-state index contributed by atoms with van der Waals surface area (Å²) < 4.78 is 6.83. The van der Waals surface area contributed by atoms with Gasteiger partial charge >= 0.3 is 0 Å². The van der Waals surface area contributed by atoms with Gasteiger partial charge < -0.3 is 10.5 Å². The number of benzene rings is 1. The van der Waals surface area contributed by atoms with Crippen molar-refractivity contribution in [2.75, 3.05) is 7.11 Å². The highest BCUT2D eigenvalue weighted by atomic mass is 16.5. The molecule has 0 amide bonds. The summed E-state index contributed by atoms with van der Waals surface area (Å²) in [6.07, 6.45) is 1.65. The predicted molar refractivity (Wildman–Crippen MR) is 60.5 cm³/mol. The molecule has 0 radical (unpaired) electrons. The Morgan fingerprint density at radius 3 is 2.88 bits per heavy atom. The van der Waals surface area contributed by atoms with E-state index >= 15 is 0 Å². The number of nitrogens with two attached hydrogens (primary N) is 1. The lowest BCUT2D eigenvalue weighted by Crippen LogP contribution is -2.07. The molecule has 2 N–H and O–H groups in total. The first-order valence-electron chi connectivity index (χ1n) is 5.02. The number of hydrogen-bond acceptors (Lipinski definition) is 4. The van der Waals surface area contributed by atoms with Crippen LogP contribution in [0.1, 0.15) is 18.8 Å². The van der Waals surface area contributed by atoms with Gasteiger partial charge in [-0.2, -0.15) is 0 Å². The van der Waals surface area contributed by atoms with Gasteiger partial charge in [0.25, 0.3) is 0 Å². The van der Waals surface area contributed by atoms with Crippen molar-refractivity contribution in [1.82, 2.24) is 14.8 Å². The van der Waals surface area contributed by atoms with Crippen molar-refractivity contribution in [1.29, 1.82) is 0 Å². The second-order valence-electron chi connectivity index (χ2n) is 3.54. The highest BCUT2D eigenvalue weighted by Crippen LogP contribution is 2.15. The molecular formula is C11H14N4O. The van der Waals surface area contributed by atoms with Crippen LogP contribution in [-0.2, 0) is 0 Å². The lowest BCUT2D eigenvalue weighted by Gasteiger charge is -2.03. The van der Waals surface area contributed by atoms with E-state index in [1.165, 1.54) is 0 Å². The van der Waals surface area contributed by atoms with Crippen LogP contribution in [0.25, 0.3) is 5.69 Å². The summed E-state index contributed by atoms with van der Waals surface area (Å²) in [6, 6.07) is 7.45. The van der Waals surface area contributed by atoms with Gasteiger partial charge in [0.1, 0.15) is 12.1 Å². The van der Waals surface area contributed by atoms with Crippen LogP contribution in [0, 0.1) is 0 Å². The fourth-order valence-corrected chi connectivity index (χ4v) is 1.36. The molecule has 0 aliphatic heterocycles. The molecule has 0 saturated heterocycles. The van der Waals surface area contributed by atoms with E-state index in [-0.39, 0.29) is 6.04 Å². The number of rotatable bonds is 3. The van der Waals surface area contributed by atoms with Gasteiger partial charge in [-0.05, 0) is 19.1 Å². The number of hydrogen-bond donors (Lipinski definition) is 1. The number of methoxy groups -OCH3 is 1. The van der Waals surface area contributed by atoms with E-state index in [2.05, 4.69) is 10.1 Å². The van der Waals surface area contributed by atoms with Crippen LogP contribution in [0.5, 0.6) is 5.75 Å². The molecule has 0 bridgehead atoms. The molecule has 5 heteroatoms. The SMILES string of the molecule is COc1cccc(-n2cnc(C(C)N)n2)c1. The van der Waals surface area contributed by atoms with Gasteiger partial charge in [0.2, 0.25) is 0 Å². The van der Waals surface area contributed by atoms with E-state index in [4.69, 9.17) is 10.5 Å². The summed E-state index contributed by atoms with van der Waals surface area (Å²) in [7, 11) is 1.63. The summed E-state index contributed by atoms with van der Waals surface area (Å²) in [5, 5.41) is 4.28. The van der Waals surface area contributed by atoms with Crippen molar-refractivity contribution in [3.8, 4) is 11.4 Å². The minimum Gasteiger partial charge on any atom is -0.497 e. The summed E-state index contributed by atoms with van der Waals surface area (Å²) in [6.45, 7) is 1.85. The van der Waals surface area contributed by atoms with Crippen LogP contribution in [0.3, 0.4) is 0 Å². The first-order valence-corrected chi connectivity index (χ1v) is 5.02. The van der Waals surface area contributed by atoms with Crippen LogP contribution >= 0.6 is 0 Å². The fourth-order valence-electron chi connectivity index (χ4n) is 1.36. The zero-order valence-electron chi connectivity index (χ0n) is 9.29. The molecule has 0 aliphatic rings. The molecule has 1 atom stereocenters. The van der Waals surface area contributed by atoms with E-state index in [9.17, 15) is 0 Å². The average molecular weight is 218 g/mol. The molecule has 84 valence electrons. The highest BCUT2D eigenvalue weighted by Gasteiger charge is 2.06. The zero-order valence-corrected chi connectivity index (χ0v) is 9.29. The second-order valence-corrected chi connectivity index (χ2v) is 3.54. The minimum absolute atomic E-state index is 0.160. The van der Waals surface area contributed by atoms with Gasteiger partial charge in [-0.25, -0.2) is 9.67 Å². The number of nitrogens with zero attached hydrogens (tertiary/aromatic N) is 3. The molecule has 0 saturated carbocycles. The summed E-state index contributed by atoms with van der Waals surface area (Å²) in [5.74, 6) is 1.41. The molecule has 0 aliphatic carbocycles. The molecular weight excluding hydrogens is 204 g/mol. The van der Waals surface area contributed by atoms with Crippen molar-refractivity contribution in [3.63, 3.8) is 0 Å². The normalized spacial score (nSPS) is 12.4. The number of ether oxygens (including phenoxy) is 1. The van der Waals surface area contributed by atoms with Crippen molar-refractivity contribution in [2.45, 2.75) is 13.0 Å². The summed E-state index contributed by atoms with van der Waals surface area (Å²) in [4.78, 5) is 4.13. The fraction of sp³-hybridized carbons (Fsp3) is 0.273. The van der Waals surface area contributed by atoms with Gasteiger partial charge in [0.05, 0.1) is 18.8 Å². The number of aromatic nitrogens is 3. The third-order valence-electron chi connectivity index (χ3n) is 2.23. The van der Waals surface area contributed by atoms with Gasteiger partial charge in [-0.1, -0.05) is 6.07 Å². The average Bonchev–Trinajstić information content (AvgIpc) is 2.78. The van der Waals surface area contributed by atoms with E-state index in [1.54, 1.807) is 18.1 Å². The Hall–Kier alpha value is -1.88. The van der Waals surface area contributed by atoms with E-state index in [0.29, 0.717) is 5.82 Å². The second kappa shape index (κ2) is 4.32. The highest BCUT2D eigenvalue weighted by molar-refractivity contribution is 5.38. The van der Waals surface area contributed by atoms with Gasteiger partial charge in [-0.15, -0.1) is 5.10 Å². The molecule has 0 spiro atoms. The van der Waals surface area contributed by atoms with Gasteiger partial charge in [0, 0.05) is 6.07 Å². The maximum atomic E-state index is 5.70. The Morgan fingerprint density at radius 2 is 2.25 bits per heavy atom. The first kappa shape index (κ1) is 10.6. The third-order valence-corrected chi connectivity index (χ3v) is 2.23. The lowest BCUT2D eigenvalue weighted by atomic mass is 10.3. The maximum Gasteiger partial charge on any atom is 0.167 e. The van der Waals surface area contributed by atoms with Crippen LogP contribution in [0.2, 0.25) is 0 Å². The van der Waals surface area contributed by atoms with Gasteiger partial charge in [-0.3, -0.25) is 0 Å². The van der Waals surface area contributed by atoms with Crippen molar-refractivity contribution in [3.05, 3.63) is 36.4 Å². The molecule has 2 aromatic rings. The largest absolute Gasteiger partial charge is 0.497 e. The summed E-state index contributed by atoms with van der Waals surface area (Å²) in [5.41, 5.74) is 6.60. The Balaban J connectivity index is 2.34. The third kappa shape index (κ3) is 2.04. The first-order chi connectivity index (χ1) is 7.70. The monoisotopic (exact) mass is 218 g/mol. The molecule has 0 fully saturated rings. The molecule has 2 rings (SSSR count). The van der Waals surface area contributed by atoms with Crippen LogP contribution in [0.15, 0.2) is 30.6 Å². The lowest BCUT2D eigenvalue weighted by molar-refractivity contribution is 0.414. The maximum absolute atomic E-state index is 5.70. The van der Waals surface area contributed by atoms with Crippen LogP contribution in [0.4, 0.5) is 0 Å². The topological polar surface area (TPSA) is 66.0 Å². The minimum atomic E-state index is -0.160. The smallest absolute Gasteiger partial charge is 0.167 e. The van der Waals surface area contributed by atoms with Crippen molar-refractivity contribution >= 4 is 0 Å². The Kier molecular flexibility index (Phi) is 2.87. The zero-order chi connectivity index (χ0) is 11.5. The standard InChI is InChI=1S/C11H14N4O/c1-8(12)11-13-7-15(14-11)9-4-3-5-10(6-9)16-2/h3-8H,12H2,1-2H3. The molecule has 1 heterocycles. The molecule has 5 nitrogen and oxygen atoms in total. The Morgan fingerprint density at radius 1 is 1.44 bits per heavy atom. The van der Waals surface area contributed by atoms with Crippen LogP contribution < -0.4 is 10.5 Å². The molecule has 1 unspecified atom stereocenters. The van der Waals surface area contributed by atoms with Gasteiger partial charge in [0.15, 0.2) is 5.82 Å². The van der Waals surface area contributed by atoms with E-state index in [0.717, 1.165) is 11.4 Å². The Labute approximate surface area is 93.9 Å². The molecule has 1 aromatic heterocycles.